The van der Waals surface area contributed by atoms with Crippen LogP contribution < -0.4 is 5.32 Å². The number of hydrogen-bond acceptors (Lipinski definition) is 2. The second-order valence-electron chi connectivity index (χ2n) is 3.56. The summed E-state index contributed by atoms with van der Waals surface area (Å²) in [5.41, 5.74) is -1.31. The third-order valence-corrected chi connectivity index (χ3v) is 2.67. The minimum Gasteiger partial charge on any atom is -0.477 e. The summed E-state index contributed by atoms with van der Waals surface area (Å²) in [5, 5.41) is 10.1. The first-order chi connectivity index (χ1) is 8.23. The number of aromatic nitrogens is 1. The van der Waals surface area contributed by atoms with E-state index in [2.05, 4.69) is 0 Å². The van der Waals surface area contributed by atoms with E-state index in [1.165, 1.54) is 14.0 Å². The van der Waals surface area contributed by atoms with Crippen molar-refractivity contribution in [2.75, 3.05) is 6.54 Å². The molecule has 0 spiro atoms. The first-order valence-electron chi connectivity index (χ1n) is 4.98. The highest BCUT2D eigenvalue weighted by Gasteiger charge is 2.44. The molecule has 1 amide bonds. The van der Waals surface area contributed by atoms with Gasteiger partial charge in [-0.2, -0.15) is 8.78 Å². The van der Waals surface area contributed by atoms with Crippen molar-refractivity contribution in [1.29, 1.82) is 0 Å². The fourth-order valence-electron chi connectivity index (χ4n) is 1.45. The van der Waals surface area contributed by atoms with Crippen LogP contribution in [0.2, 0.25) is 5.02 Å². The van der Waals surface area contributed by atoms with E-state index in [0.717, 1.165) is 10.8 Å². The van der Waals surface area contributed by atoms with Crippen molar-refractivity contribution < 1.29 is 23.5 Å². The molecule has 0 fully saturated rings. The monoisotopic (exact) mass is 280 g/mol. The number of carboxylic acid groups (broad SMARTS) is 1. The summed E-state index contributed by atoms with van der Waals surface area (Å²) in [6, 6.07) is 0. The van der Waals surface area contributed by atoms with Gasteiger partial charge in [0.05, 0.1) is 10.6 Å². The van der Waals surface area contributed by atoms with Gasteiger partial charge in [0.15, 0.2) is 0 Å². The first kappa shape index (κ1) is 14.4. The predicted molar refractivity (Wildman–Crippen MR) is 60.0 cm³/mol. The molecule has 100 valence electrons. The summed E-state index contributed by atoms with van der Waals surface area (Å²) < 4.78 is 28.4. The number of halogens is 3. The number of carbonyl (C=O) groups excluding carboxylic acids is 1. The number of carbonyl (C=O) groups is 2. The van der Waals surface area contributed by atoms with Crippen molar-refractivity contribution in [2.24, 2.45) is 7.05 Å². The van der Waals surface area contributed by atoms with Crippen LogP contribution in [0.1, 0.15) is 23.0 Å². The molecule has 0 atom stereocenters. The number of rotatable bonds is 4. The summed E-state index contributed by atoms with van der Waals surface area (Å²) >= 11 is 5.59. The molecule has 0 aliphatic rings. The molecule has 8 heteroatoms. The smallest absolute Gasteiger partial charge is 0.354 e. The number of hydrogen-bond donors (Lipinski definition) is 2. The Morgan fingerprint density at radius 2 is 2.11 bits per heavy atom. The van der Waals surface area contributed by atoms with E-state index in [-0.39, 0.29) is 6.54 Å². The highest BCUT2D eigenvalue weighted by atomic mass is 35.5. The van der Waals surface area contributed by atoms with Crippen LogP contribution >= 0.6 is 11.6 Å². The van der Waals surface area contributed by atoms with Gasteiger partial charge in [0.25, 0.3) is 5.91 Å². The summed E-state index contributed by atoms with van der Waals surface area (Å²) in [7, 11) is 1.26. The van der Waals surface area contributed by atoms with Crippen LogP contribution in [0.3, 0.4) is 0 Å². The fourth-order valence-corrected chi connectivity index (χ4v) is 1.84. The van der Waals surface area contributed by atoms with E-state index in [1.807, 2.05) is 5.32 Å². The number of nitrogens with one attached hydrogen (secondary N) is 1. The molecule has 0 aliphatic heterocycles. The van der Waals surface area contributed by atoms with Crippen molar-refractivity contribution in [2.45, 2.75) is 12.8 Å². The topological polar surface area (TPSA) is 71.3 Å². The van der Waals surface area contributed by atoms with Gasteiger partial charge >= 0.3 is 11.9 Å². The quantitative estimate of drug-likeness (QED) is 0.880. The lowest BCUT2D eigenvalue weighted by atomic mass is 10.1. The Labute approximate surface area is 106 Å². The number of likely N-dealkylation sites (N-methyl/N-ethyl adjacent to an activating group) is 1. The molecule has 18 heavy (non-hydrogen) atoms. The second-order valence-corrected chi connectivity index (χ2v) is 3.93. The summed E-state index contributed by atoms with van der Waals surface area (Å²) in [6.45, 7) is 1.52. The Balaban J connectivity index is 3.30. The molecule has 0 aliphatic carbocycles. The molecular formula is C10H11ClF2N2O3. The van der Waals surface area contributed by atoms with Gasteiger partial charge in [-0.15, -0.1) is 0 Å². The Morgan fingerprint density at radius 3 is 2.50 bits per heavy atom. The zero-order valence-corrected chi connectivity index (χ0v) is 10.4. The number of amides is 1. The van der Waals surface area contributed by atoms with Gasteiger partial charge in [-0.25, -0.2) is 4.79 Å². The highest BCUT2D eigenvalue weighted by molar-refractivity contribution is 6.34. The highest BCUT2D eigenvalue weighted by Crippen LogP contribution is 2.36. The van der Waals surface area contributed by atoms with Crippen LogP contribution in [0.15, 0.2) is 6.20 Å². The second kappa shape index (κ2) is 4.93. The molecule has 0 saturated carbocycles. The number of aromatic carboxylic acids is 1. The van der Waals surface area contributed by atoms with E-state index < -0.39 is 34.1 Å². The van der Waals surface area contributed by atoms with E-state index in [9.17, 15) is 18.4 Å². The van der Waals surface area contributed by atoms with Crippen LogP contribution in [0, 0.1) is 0 Å². The van der Waals surface area contributed by atoms with Gasteiger partial charge in [-0.3, -0.25) is 4.79 Å². The third-order valence-electron chi connectivity index (χ3n) is 2.28. The van der Waals surface area contributed by atoms with Gasteiger partial charge in [-0.05, 0) is 6.92 Å². The van der Waals surface area contributed by atoms with Gasteiger partial charge < -0.3 is 15.0 Å². The van der Waals surface area contributed by atoms with Crippen LogP contribution in [-0.4, -0.2) is 28.1 Å². The SMILES string of the molecule is CCNC(=O)C(F)(F)c1cn(C)c(C(=O)O)c1Cl. The van der Waals surface area contributed by atoms with Crippen molar-refractivity contribution in [1.82, 2.24) is 9.88 Å². The lowest BCUT2D eigenvalue weighted by molar-refractivity contribution is -0.146. The van der Waals surface area contributed by atoms with Crippen molar-refractivity contribution in [3.05, 3.63) is 22.5 Å². The average Bonchev–Trinajstić information content (AvgIpc) is 2.54. The van der Waals surface area contributed by atoms with Crippen molar-refractivity contribution in [3.63, 3.8) is 0 Å². The number of alkyl halides is 2. The van der Waals surface area contributed by atoms with E-state index in [1.54, 1.807) is 0 Å². The maximum Gasteiger partial charge on any atom is 0.354 e. The molecule has 2 N–H and O–H groups in total. The lowest BCUT2D eigenvalue weighted by Gasteiger charge is -2.14. The van der Waals surface area contributed by atoms with Gasteiger partial charge in [0.2, 0.25) is 0 Å². The van der Waals surface area contributed by atoms with E-state index >= 15 is 0 Å². The van der Waals surface area contributed by atoms with Crippen molar-refractivity contribution in [3.8, 4) is 0 Å². The minimum absolute atomic E-state index is 0.0324. The van der Waals surface area contributed by atoms with Crippen molar-refractivity contribution >= 4 is 23.5 Å². The van der Waals surface area contributed by atoms with Gasteiger partial charge in [-0.1, -0.05) is 11.6 Å². The Kier molecular flexibility index (Phi) is 3.95. The maximum absolute atomic E-state index is 13.8. The molecule has 0 unspecified atom stereocenters. The maximum atomic E-state index is 13.8. The van der Waals surface area contributed by atoms with Crippen LogP contribution in [0.25, 0.3) is 0 Å². The molecule has 1 aromatic heterocycles. The minimum atomic E-state index is -3.88. The van der Waals surface area contributed by atoms with Gasteiger partial charge in [0, 0.05) is 19.8 Å². The van der Waals surface area contributed by atoms with E-state index in [0.29, 0.717) is 0 Å². The zero-order valence-electron chi connectivity index (χ0n) is 9.63. The first-order valence-corrected chi connectivity index (χ1v) is 5.36. The molecule has 0 aromatic carbocycles. The molecule has 1 heterocycles. The Hall–Kier alpha value is -1.63. The summed E-state index contributed by atoms with van der Waals surface area (Å²) in [4.78, 5) is 22.1. The normalized spacial score (nSPS) is 11.4. The average molecular weight is 281 g/mol. The molecule has 0 saturated heterocycles. The Bertz CT molecular complexity index is 500. The molecule has 0 radical (unpaired) electrons. The van der Waals surface area contributed by atoms with Gasteiger partial charge in [0.1, 0.15) is 5.69 Å². The standard InChI is InChI=1S/C10H11ClF2N2O3/c1-3-14-9(18)10(12,13)5-4-15(2)7(6(5)11)8(16)17/h4H,3H2,1-2H3,(H,14,18)(H,16,17). The lowest BCUT2D eigenvalue weighted by Crippen LogP contribution is -2.37. The molecule has 5 nitrogen and oxygen atoms in total. The van der Waals surface area contributed by atoms with Crippen LogP contribution in [0.5, 0.6) is 0 Å². The predicted octanol–water partition coefficient (Wildman–Crippen LogP) is 1.60. The third kappa shape index (κ3) is 2.31. The fraction of sp³-hybridized carbons (Fsp3) is 0.400. The molecule has 1 rings (SSSR count). The summed E-state index contributed by atoms with van der Waals surface area (Å²) in [6.07, 6.45) is 0.834. The van der Waals surface area contributed by atoms with Crippen LogP contribution in [0.4, 0.5) is 8.78 Å². The number of carboxylic acids is 1. The summed E-state index contributed by atoms with van der Waals surface area (Å²) in [5.74, 6) is -6.84. The zero-order chi connectivity index (χ0) is 14.1. The van der Waals surface area contributed by atoms with Crippen LogP contribution in [-0.2, 0) is 17.8 Å². The van der Waals surface area contributed by atoms with E-state index in [4.69, 9.17) is 16.7 Å². The largest absolute Gasteiger partial charge is 0.477 e. The molecule has 0 bridgehead atoms. The molecular weight excluding hydrogens is 270 g/mol. The number of nitrogens with zero attached hydrogens (tertiary/aromatic N) is 1. The Morgan fingerprint density at radius 1 is 1.56 bits per heavy atom. The number of aryl methyl sites for hydroxylation is 1. The molecule has 1 aromatic rings.